The van der Waals surface area contributed by atoms with Crippen LogP contribution in [0.5, 0.6) is 0 Å². The molecule has 7 heteroatoms. The van der Waals surface area contributed by atoms with Crippen molar-refractivity contribution in [2.45, 2.75) is 20.3 Å². The lowest BCUT2D eigenvalue weighted by molar-refractivity contribution is 0.103. The molecule has 0 aliphatic carbocycles. The van der Waals surface area contributed by atoms with Gasteiger partial charge in [0.1, 0.15) is 10.7 Å². The second kappa shape index (κ2) is 6.91. The smallest absolute Gasteiger partial charge is 0.269 e. The number of carbonyl (C=O) groups excluding carboxylic acids is 1. The summed E-state index contributed by atoms with van der Waals surface area (Å²) < 4.78 is 0.836. The Hall–Kier alpha value is -1.60. The van der Waals surface area contributed by atoms with Crippen LogP contribution in [0.4, 0.5) is 16.6 Å². The summed E-state index contributed by atoms with van der Waals surface area (Å²) in [5.74, 6) is -0.00145. The SMILES string of the molecule is CCCNc1nc(N)c(C(=O)Nc2ccc(C)cc2Br)s1. The molecule has 0 unspecified atom stereocenters. The molecular formula is C14H17BrN4OS. The lowest BCUT2D eigenvalue weighted by Gasteiger charge is -2.07. The van der Waals surface area contributed by atoms with E-state index in [-0.39, 0.29) is 11.7 Å². The van der Waals surface area contributed by atoms with Gasteiger partial charge in [0, 0.05) is 11.0 Å². The minimum absolute atomic E-state index is 0.249. The Morgan fingerprint density at radius 3 is 2.90 bits per heavy atom. The number of amides is 1. The van der Waals surface area contributed by atoms with Crippen molar-refractivity contribution in [1.82, 2.24) is 4.98 Å². The monoisotopic (exact) mass is 368 g/mol. The Labute approximate surface area is 136 Å². The maximum absolute atomic E-state index is 12.3. The van der Waals surface area contributed by atoms with Gasteiger partial charge in [-0.05, 0) is 47.0 Å². The van der Waals surface area contributed by atoms with Gasteiger partial charge in [-0.3, -0.25) is 4.79 Å². The first-order chi connectivity index (χ1) is 10.0. The number of halogens is 1. The van der Waals surface area contributed by atoms with E-state index in [1.165, 1.54) is 11.3 Å². The number of nitrogens with one attached hydrogen (secondary N) is 2. The summed E-state index contributed by atoms with van der Waals surface area (Å²) in [5.41, 5.74) is 7.64. The second-order valence-corrected chi connectivity index (χ2v) is 6.45. The third-order valence-corrected chi connectivity index (χ3v) is 4.44. The van der Waals surface area contributed by atoms with Crippen LogP contribution in [0.25, 0.3) is 0 Å². The molecular weight excluding hydrogens is 352 g/mol. The maximum atomic E-state index is 12.3. The predicted molar refractivity (Wildman–Crippen MR) is 92.1 cm³/mol. The molecule has 0 aliphatic rings. The van der Waals surface area contributed by atoms with Crippen LogP contribution in [0.15, 0.2) is 22.7 Å². The van der Waals surface area contributed by atoms with E-state index in [0.29, 0.717) is 15.7 Å². The van der Waals surface area contributed by atoms with Crippen molar-refractivity contribution in [2.75, 3.05) is 22.9 Å². The Morgan fingerprint density at radius 1 is 1.48 bits per heavy atom. The summed E-state index contributed by atoms with van der Waals surface area (Å²) in [4.78, 5) is 16.9. The van der Waals surface area contributed by atoms with Crippen molar-refractivity contribution < 1.29 is 4.79 Å². The number of rotatable bonds is 5. The molecule has 0 atom stereocenters. The van der Waals surface area contributed by atoms with Crippen molar-refractivity contribution in [2.24, 2.45) is 0 Å². The van der Waals surface area contributed by atoms with Gasteiger partial charge in [-0.25, -0.2) is 4.98 Å². The van der Waals surface area contributed by atoms with Gasteiger partial charge in [0.05, 0.1) is 5.69 Å². The molecule has 2 aromatic rings. The topological polar surface area (TPSA) is 80.0 Å². The van der Waals surface area contributed by atoms with Crippen LogP contribution in [-0.2, 0) is 0 Å². The summed E-state index contributed by atoms with van der Waals surface area (Å²) in [6.07, 6.45) is 0.983. The fraction of sp³-hybridized carbons (Fsp3) is 0.286. The van der Waals surface area contributed by atoms with E-state index in [2.05, 4.69) is 38.5 Å². The molecule has 0 spiro atoms. The number of nitrogens with zero attached hydrogens (tertiary/aromatic N) is 1. The minimum atomic E-state index is -0.251. The largest absolute Gasteiger partial charge is 0.382 e. The highest BCUT2D eigenvalue weighted by Gasteiger charge is 2.17. The van der Waals surface area contributed by atoms with Crippen LogP contribution < -0.4 is 16.4 Å². The number of benzene rings is 1. The summed E-state index contributed by atoms with van der Waals surface area (Å²) in [7, 11) is 0. The fourth-order valence-corrected chi connectivity index (χ4v) is 3.10. The van der Waals surface area contributed by atoms with Gasteiger partial charge >= 0.3 is 0 Å². The number of nitrogen functional groups attached to an aromatic ring is 1. The molecule has 0 bridgehead atoms. The number of hydrogen-bond acceptors (Lipinski definition) is 5. The average Bonchev–Trinajstić information content (AvgIpc) is 2.81. The molecule has 5 nitrogen and oxygen atoms in total. The Morgan fingerprint density at radius 2 is 2.24 bits per heavy atom. The van der Waals surface area contributed by atoms with E-state index >= 15 is 0 Å². The Bertz CT molecular complexity index is 656. The van der Waals surface area contributed by atoms with Crippen LogP contribution >= 0.6 is 27.3 Å². The maximum Gasteiger partial charge on any atom is 0.269 e. The molecule has 0 saturated carbocycles. The molecule has 112 valence electrons. The van der Waals surface area contributed by atoms with E-state index in [4.69, 9.17) is 5.73 Å². The predicted octanol–water partition coefficient (Wildman–Crippen LogP) is 3.87. The average molecular weight is 369 g/mol. The highest BCUT2D eigenvalue weighted by Crippen LogP contribution is 2.28. The standard InChI is InChI=1S/C14H17BrN4OS/c1-3-6-17-14-19-12(16)11(21-14)13(20)18-10-5-4-8(2)7-9(10)15/h4-5,7H,3,6,16H2,1-2H3,(H,17,19)(H,18,20). The van der Waals surface area contributed by atoms with Crippen molar-refractivity contribution >= 4 is 49.8 Å². The van der Waals surface area contributed by atoms with Gasteiger partial charge in [-0.15, -0.1) is 0 Å². The lowest BCUT2D eigenvalue weighted by Crippen LogP contribution is -2.12. The van der Waals surface area contributed by atoms with Gasteiger partial charge in [-0.1, -0.05) is 24.3 Å². The molecule has 2 rings (SSSR count). The number of nitrogens with two attached hydrogens (primary N) is 1. The summed E-state index contributed by atoms with van der Waals surface area (Å²) in [6.45, 7) is 4.85. The quantitative estimate of drug-likeness (QED) is 0.748. The van der Waals surface area contributed by atoms with Crippen LogP contribution in [0.3, 0.4) is 0 Å². The highest BCUT2D eigenvalue weighted by atomic mass is 79.9. The molecule has 4 N–H and O–H groups in total. The molecule has 1 aromatic heterocycles. The summed E-state index contributed by atoms with van der Waals surface area (Å²) in [6, 6.07) is 5.73. The third-order valence-electron chi connectivity index (χ3n) is 2.76. The summed E-state index contributed by atoms with van der Waals surface area (Å²) in [5, 5.41) is 6.64. The normalized spacial score (nSPS) is 10.4. The van der Waals surface area contributed by atoms with Crippen molar-refractivity contribution in [3.8, 4) is 0 Å². The fourth-order valence-electron chi connectivity index (χ4n) is 1.70. The van der Waals surface area contributed by atoms with Crippen LogP contribution in [0.1, 0.15) is 28.6 Å². The Kier molecular flexibility index (Phi) is 5.19. The zero-order chi connectivity index (χ0) is 15.4. The van der Waals surface area contributed by atoms with Crippen molar-refractivity contribution in [3.63, 3.8) is 0 Å². The van der Waals surface area contributed by atoms with Gasteiger partial charge in [-0.2, -0.15) is 0 Å². The number of anilines is 3. The molecule has 0 saturated heterocycles. The van der Waals surface area contributed by atoms with Gasteiger partial charge < -0.3 is 16.4 Å². The van der Waals surface area contributed by atoms with E-state index in [1.807, 2.05) is 25.1 Å². The molecule has 1 heterocycles. The number of hydrogen-bond donors (Lipinski definition) is 3. The number of aromatic nitrogens is 1. The zero-order valence-electron chi connectivity index (χ0n) is 11.9. The number of carbonyl (C=O) groups is 1. The van der Waals surface area contributed by atoms with Gasteiger partial charge in [0.25, 0.3) is 5.91 Å². The van der Waals surface area contributed by atoms with E-state index in [1.54, 1.807) is 0 Å². The first-order valence-corrected chi connectivity index (χ1v) is 8.20. The van der Waals surface area contributed by atoms with Gasteiger partial charge in [0.2, 0.25) is 0 Å². The number of aryl methyl sites for hydroxylation is 1. The van der Waals surface area contributed by atoms with E-state index < -0.39 is 0 Å². The van der Waals surface area contributed by atoms with Gasteiger partial charge in [0.15, 0.2) is 5.13 Å². The van der Waals surface area contributed by atoms with Crippen LogP contribution in [-0.4, -0.2) is 17.4 Å². The zero-order valence-corrected chi connectivity index (χ0v) is 14.3. The van der Waals surface area contributed by atoms with Crippen molar-refractivity contribution in [1.29, 1.82) is 0 Å². The van der Waals surface area contributed by atoms with Crippen LogP contribution in [0, 0.1) is 6.92 Å². The van der Waals surface area contributed by atoms with E-state index in [0.717, 1.165) is 23.0 Å². The molecule has 0 radical (unpaired) electrons. The van der Waals surface area contributed by atoms with E-state index in [9.17, 15) is 4.79 Å². The molecule has 1 aromatic carbocycles. The van der Waals surface area contributed by atoms with Crippen LogP contribution in [0.2, 0.25) is 0 Å². The lowest BCUT2D eigenvalue weighted by atomic mass is 10.2. The first kappa shape index (κ1) is 15.8. The molecule has 0 fully saturated rings. The molecule has 0 aliphatic heterocycles. The minimum Gasteiger partial charge on any atom is -0.382 e. The Balaban J connectivity index is 2.14. The van der Waals surface area contributed by atoms with Crippen molar-refractivity contribution in [3.05, 3.63) is 33.1 Å². The highest BCUT2D eigenvalue weighted by molar-refractivity contribution is 9.10. The summed E-state index contributed by atoms with van der Waals surface area (Å²) >= 11 is 4.70. The number of thiazole rings is 1. The molecule has 1 amide bonds. The second-order valence-electron chi connectivity index (χ2n) is 4.60. The first-order valence-electron chi connectivity index (χ1n) is 6.59. The molecule has 21 heavy (non-hydrogen) atoms. The third kappa shape index (κ3) is 3.95.